The van der Waals surface area contributed by atoms with Crippen molar-refractivity contribution in [3.05, 3.63) is 69.4 Å². The summed E-state index contributed by atoms with van der Waals surface area (Å²) < 4.78 is 2.04. The second kappa shape index (κ2) is 7.36. The summed E-state index contributed by atoms with van der Waals surface area (Å²) in [5.41, 5.74) is 4.87. The molecule has 7 heteroatoms. The van der Waals surface area contributed by atoms with E-state index in [-0.39, 0.29) is 5.69 Å². The number of nitrogens with one attached hydrogen (secondary N) is 1. The van der Waals surface area contributed by atoms with Gasteiger partial charge >= 0.3 is 0 Å². The van der Waals surface area contributed by atoms with E-state index in [4.69, 9.17) is 11.6 Å². The number of nitrogens with zero attached hydrogens (tertiary/aromatic N) is 3. The quantitative estimate of drug-likeness (QED) is 0.381. The Morgan fingerprint density at radius 3 is 2.72 bits per heavy atom. The number of hydrogen-bond acceptors (Lipinski definition) is 4. The number of hydrazone groups is 1. The molecule has 0 aliphatic rings. The van der Waals surface area contributed by atoms with Crippen LogP contribution in [-0.2, 0) is 6.54 Å². The molecule has 0 aliphatic heterocycles. The highest BCUT2D eigenvalue weighted by atomic mass is 35.5. The lowest BCUT2D eigenvalue weighted by Crippen LogP contribution is -1.98. The van der Waals surface area contributed by atoms with Gasteiger partial charge in [0.15, 0.2) is 0 Å². The predicted octanol–water partition coefficient (Wildman–Crippen LogP) is 5.06. The van der Waals surface area contributed by atoms with E-state index in [1.165, 1.54) is 6.07 Å². The SMILES string of the molecule is CCCn1c(Cl)c(/C=N\Nc2ccccc2[N+](=O)[O-])c2ccccc21. The van der Waals surface area contributed by atoms with E-state index in [0.717, 1.165) is 29.4 Å². The second-order valence-electron chi connectivity index (χ2n) is 5.52. The first-order valence-corrected chi connectivity index (χ1v) is 8.30. The van der Waals surface area contributed by atoms with Gasteiger partial charge < -0.3 is 4.57 Å². The molecule has 6 nitrogen and oxygen atoms in total. The first-order valence-electron chi connectivity index (χ1n) is 7.92. The van der Waals surface area contributed by atoms with Crippen molar-refractivity contribution in [1.82, 2.24) is 4.57 Å². The number of aromatic nitrogens is 1. The van der Waals surface area contributed by atoms with Crippen LogP contribution < -0.4 is 5.43 Å². The minimum Gasteiger partial charge on any atom is -0.331 e. The third-order valence-electron chi connectivity index (χ3n) is 3.87. The monoisotopic (exact) mass is 356 g/mol. The maximum atomic E-state index is 11.0. The first-order chi connectivity index (χ1) is 12.1. The highest BCUT2D eigenvalue weighted by Gasteiger charge is 2.14. The number of nitro benzene ring substituents is 1. The van der Waals surface area contributed by atoms with Gasteiger partial charge in [-0.05, 0) is 18.6 Å². The van der Waals surface area contributed by atoms with Crippen LogP contribution in [0.4, 0.5) is 11.4 Å². The van der Waals surface area contributed by atoms with Gasteiger partial charge in [-0.1, -0.05) is 48.9 Å². The van der Waals surface area contributed by atoms with Crippen LogP contribution in [0.1, 0.15) is 18.9 Å². The third-order valence-corrected chi connectivity index (χ3v) is 4.28. The summed E-state index contributed by atoms with van der Waals surface area (Å²) in [6, 6.07) is 14.3. The molecule has 128 valence electrons. The Bertz CT molecular complexity index is 949. The van der Waals surface area contributed by atoms with Gasteiger partial charge in [-0.3, -0.25) is 15.5 Å². The molecule has 0 amide bonds. The van der Waals surface area contributed by atoms with E-state index >= 15 is 0 Å². The van der Waals surface area contributed by atoms with E-state index in [1.54, 1.807) is 24.4 Å². The largest absolute Gasteiger partial charge is 0.331 e. The normalized spacial score (nSPS) is 11.3. The van der Waals surface area contributed by atoms with Crippen LogP contribution in [0.25, 0.3) is 10.9 Å². The number of para-hydroxylation sites is 3. The average Bonchev–Trinajstić information content (AvgIpc) is 2.88. The van der Waals surface area contributed by atoms with Gasteiger partial charge in [0.2, 0.25) is 0 Å². The number of aryl methyl sites for hydroxylation is 1. The Morgan fingerprint density at radius 1 is 1.24 bits per heavy atom. The maximum absolute atomic E-state index is 11.0. The Hall–Kier alpha value is -2.86. The molecule has 0 unspecified atom stereocenters. The molecule has 1 aromatic heterocycles. The number of anilines is 1. The molecule has 0 atom stereocenters. The lowest BCUT2D eigenvalue weighted by molar-refractivity contribution is -0.384. The summed E-state index contributed by atoms with van der Waals surface area (Å²) in [7, 11) is 0. The molecule has 0 bridgehead atoms. The van der Waals surface area contributed by atoms with Crippen molar-refractivity contribution >= 4 is 40.1 Å². The summed E-state index contributed by atoms with van der Waals surface area (Å²) in [6.45, 7) is 2.90. The van der Waals surface area contributed by atoms with Crippen LogP contribution in [0.15, 0.2) is 53.6 Å². The van der Waals surface area contributed by atoms with Crippen molar-refractivity contribution in [2.24, 2.45) is 5.10 Å². The average molecular weight is 357 g/mol. The number of fused-ring (bicyclic) bond motifs is 1. The van der Waals surface area contributed by atoms with Crippen molar-refractivity contribution in [2.45, 2.75) is 19.9 Å². The molecule has 2 aromatic carbocycles. The fraction of sp³-hybridized carbons (Fsp3) is 0.167. The maximum Gasteiger partial charge on any atom is 0.294 e. The Balaban J connectivity index is 1.95. The summed E-state index contributed by atoms with van der Waals surface area (Å²) >= 11 is 6.53. The van der Waals surface area contributed by atoms with Crippen molar-refractivity contribution in [3.8, 4) is 0 Å². The highest BCUT2D eigenvalue weighted by molar-refractivity contribution is 6.34. The van der Waals surface area contributed by atoms with E-state index in [2.05, 4.69) is 17.5 Å². The summed E-state index contributed by atoms with van der Waals surface area (Å²) in [5, 5.41) is 16.8. The van der Waals surface area contributed by atoms with E-state index in [9.17, 15) is 10.1 Å². The molecule has 3 aromatic rings. The predicted molar refractivity (Wildman–Crippen MR) is 102 cm³/mol. The van der Waals surface area contributed by atoms with Gasteiger partial charge in [0.1, 0.15) is 10.8 Å². The van der Waals surface area contributed by atoms with Crippen LogP contribution in [0, 0.1) is 10.1 Å². The Kier molecular flexibility index (Phi) is 5.00. The molecule has 0 saturated heterocycles. The minimum absolute atomic E-state index is 0.0286. The molecular formula is C18H17ClN4O2. The van der Waals surface area contributed by atoms with Crippen LogP contribution in [0.3, 0.4) is 0 Å². The molecule has 0 radical (unpaired) electrons. The van der Waals surface area contributed by atoms with Crippen molar-refractivity contribution in [2.75, 3.05) is 5.43 Å². The van der Waals surface area contributed by atoms with Gasteiger partial charge in [0.25, 0.3) is 5.69 Å². The molecule has 1 heterocycles. The van der Waals surface area contributed by atoms with Crippen LogP contribution >= 0.6 is 11.6 Å². The van der Waals surface area contributed by atoms with Crippen LogP contribution in [0.2, 0.25) is 5.15 Å². The highest BCUT2D eigenvalue weighted by Crippen LogP contribution is 2.29. The number of halogens is 1. The fourth-order valence-corrected chi connectivity index (χ4v) is 3.08. The standard InChI is InChI=1S/C18H17ClN4O2/c1-2-11-22-16-9-5-3-7-13(16)14(18(22)19)12-20-21-15-8-4-6-10-17(15)23(24)25/h3-10,12,21H,2,11H2,1H3/b20-12-. The third kappa shape index (κ3) is 3.34. The van der Waals surface area contributed by atoms with Gasteiger partial charge in [-0.15, -0.1) is 0 Å². The topological polar surface area (TPSA) is 72.5 Å². The molecule has 0 aliphatic carbocycles. The Labute approximate surface area is 149 Å². The van der Waals surface area contributed by atoms with Gasteiger partial charge in [-0.2, -0.15) is 5.10 Å². The molecule has 0 fully saturated rings. The smallest absolute Gasteiger partial charge is 0.294 e. The van der Waals surface area contributed by atoms with E-state index in [1.807, 2.05) is 28.8 Å². The van der Waals surface area contributed by atoms with Crippen molar-refractivity contribution < 1.29 is 4.92 Å². The molecule has 0 spiro atoms. The van der Waals surface area contributed by atoms with Gasteiger partial charge in [0.05, 0.1) is 11.1 Å². The molecule has 3 rings (SSSR count). The van der Waals surface area contributed by atoms with Crippen molar-refractivity contribution in [3.63, 3.8) is 0 Å². The molecule has 25 heavy (non-hydrogen) atoms. The van der Waals surface area contributed by atoms with Crippen LogP contribution in [-0.4, -0.2) is 15.7 Å². The van der Waals surface area contributed by atoms with Crippen molar-refractivity contribution in [1.29, 1.82) is 0 Å². The summed E-state index contributed by atoms with van der Waals surface area (Å²) in [5.74, 6) is 0. The summed E-state index contributed by atoms with van der Waals surface area (Å²) in [6.07, 6.45) is 2.57. The fourth-order valence-electron chi connectivity index (χ4n) is 2.76. The lowest BCUT2D eigenvalue weighted by atomic mass is 10.2. The number of benzene rings is 2. The zero-order valence-corrected chi connectivity index (χ0v) is 14.4. The van der Waals surface area contributed by atoms with E-state index < -0.39 is 4.92 Å². The van der Waals surface area contributed by atoms with Crippen LogP contribution in [0.5, 0.6) is 0 Å². The number of rotatable bonds is 6. The number of hydrogen-bond donors (Lipinski definition) is 1. The summed E-state index contributed by atoms with van der Waals surface area (Å²) in [4.78, 5) is 10.6. The molecule has 0 saturated carbocycles. The Morgan fingerprint density at radius 2 is 1.96 bits per heavy atom. The lowest BCUT2D eigenvalue weighted by Gasteiger charge is -2.04. The first kappa shape index (κ1) is 17.0. The zero-order valence-electron chi connectivity index (χ0n) is 13.6. The minimum atomic E-state index is -0.446. The molecular weight excluding hydrogens is 340 g/mol. The van der Waals surface area contributed by atoms with Gasteiger partial charge in [0, 0.05) is 29.1 Å². The second-order valence-corrected chi connectivity index (χ2v) is 5.88. The zero-order chi connectivity index (χ0) is 17.8. The molecule has 1 N–H and O–H groups in total. The number of nitro groups is 1. The van der Waals surface area contributed by atoms with Gasteiger partial charge in [-0.25, -0.2) is 0 Å². The van der Waals surface area contributed by atoms with E-state index in [0.29, 0.717) is 10.8 Å².